The van der Waals surface area contributed by atoms with Crippen molar-refractivity contribution in [2.24, 2.45) is 0 Å². The average molecular weight is 435 g/mol. The molecule has 1 aliphatic rings. The van der Waals surface area contributed by atoms with Gasteiger partial charge in [0.15, 0.2) is 0 Å². The lowest BCUT2D eigenvalue weighted by Gasteiger charge is -2.40. The smallest absolute Gasteiger partial charge is 0.251 e. The summed E-state index contributed by atoms with van der Waals surface area (Å²) in [4.78, 5) is 21.4. The normalized spacial score (nSPS) is 15.2. The molecule has 1 N–H and O–H groups in total. The Morgan fingerprint density at radius 2 is 1.81 bits per heavy atom. The summed E-state index contributed by atoms with van der Waals surface area (Å²) in [5.41, 5.74) is 2.26. The topological polar surface area (TPSA) is 57.7 Å². The standard InChI is InChI=1S/C25H27FN4O2/c1-32-21-10-8-19(9-11-21)25(31)28-18-24(20-5-4-12-27-17-20)30-15-13-29(14-16-30)23-7-3-2-6-22(23)26/h2-12,17,24H,13-16,18H2,1H3,(H,28,31)/t24-/m0/s1. The van der Waals surface area contributed by atoms with E-state index in [0.717, 1.165) is 18.7 Å². The van der Waals surface area contributed by atoms with E-state index in [9.17, 15) is 9.18 Å². The van der Waals surface area contributed by atoms with Crippen LogP contribution in [0.25, 0.3) is 0 Å². The number of hydrogen-bond donors (Lipinski definition) is 1. The number of para-hydroxylation sites is 1. The molecule has 1 fully saturated rings. The number of nitrogens with zero attached hydrogens (tertiary/aromatic N) is 3. The van der Waals surface area contributed by atoms with Crippen molar-refractivity contribution in [1.29, 1.82) is 0 Å². The van der Waals surface area contributed by atoms with E-state index in [1.807, 2.05) is 30.5 Å². The average Bonchev–Trinajstić information content (AvgIpc) is 2.85. The number of pyridine rings is 1. The second kappa shape index (κ2) is 10.2. The van der Waals surface area contributed by atoms with Gasteiger partial charge in [0, 0.05) is 50.7 Å². The fraction of sp³-hybridized carbons (Fsp3) is 0.280. The molecule has 0 bridgehead atoms. The third-order valence-electron chi connectivity index (χ3n) is 5.83. The van der Waals surface area contributed by atoms with E-state index in [0.29, 0.717) is 36.6 Å². The number of anilines is 1. The molecule has 0 radical (unpaired) electrons. The van der Waals surface area contributed by atoms with Crippen LogP contribution < -0.4 is 15.0 Å². The summed E-state index contributed by atoms with van der Waals surface area (Å²) < 4.78 is 19.4. The van der Waals surface area contributed by atoms with E-state index in [2.05, 4.69) is 20.1 Å². The van der Waals surface area contributed by atoms with Crippen LogP contribution in [-0.2, 0) is 0 Å². The summed E-state index contributed by atoms with van der Waals surface area (Å²) in [6.07, 6.45) is 3.58. The molecule has 2 aromatic carbocycles. The number of aromatic nitrogens is 1. The number of piperazine rings is 1. The summed E-state index contributed by atoms with van der Waals surface area (Å²) in [5.74, 6) is 0.380. The summed E-state index contributed by atoms with van der Waals surface area (Å²) in [6.45, 7) is 3.39. The van der Waals surface area contributed by atoms with Crippen LogP contribution in [0.3, 0.4) is 0 Å². The van der Waals surface area contributed by atoms with E-state index in [1.54, 1.807) is 43.6 Å². The second-order valence-corrected chi connectivity index (χ2v) is 7.72. The van der Waals surface area contributed by atoms with Crippen LogP contribution in [0, 0.1) is 5.82 Å². The van der Waals surface area contributed by atoms with E-state index in [4.69, 9.17) is 4.74 Å². The molecule has 0 aliphatic carbocycles. The first-order chi connectivity index (χ1) is 15.7. The number of hydrogen-bond acceptors (Lipinski definition) is 5. The number of rotatable bonds is 7. The number of carbonyl (C=O) groups excluding carboxylic acids is 1. The Balaban J connectivity index is 1.43. The van der Waals surface area contributed by atoms with Crippen LogP contribution in [-0.4, -0.2) is 55.6 Å². The Hall–Kier alpha value is -3.45. The number of ether oxygens (including phenoxy) is 1. The molecule has 4 rings (SSSR count). The summed E-state index contributed by atoms with van der Waals surface area (Å²) in [6, 6.07) is 17.8. The van der Waals surface area contributed by atoms with Crippen LogP contribution >= 0.6 is 0 Å². The van der Waals surface area contributed by atoms with Gasteiger partial charge in [0.1, 0.15) is 11.6 Å². The highest BCUT2D eigenvalue weighted by molar-refractivity contribution is 5.94. The Bertz CT molecular complexity index is 1020. The SMILES string of the molecule is COc1ccc(C(=O)NC[C@@H](c2cccnc2)N2CCN(c3ccccc3F)CC2)cc1. The summed E-state index contributed by atoms with van der Waals surface area (Å²) in [7, 11) is 1.60. The zero-order chi connectivity index (χ0) is 22.3. The number of amides is 1. The van der Waals surface area contributed by atoms with E-state index >= 15 is 0 Å². The molecule has 1 atom stereocenters. The van der Waals surface area contributed by atoms with Crippen molar-refractivity contribution in [3.63, 3.8) is 0 Å². The minimum Gasteiger partial charge on any atom is -0.497 e. The molecule has 1 aromatic heterocycles. The molecular weight excluding hydrogens is 407 g/mol. The molecule has 1 amide bonds. The van der Waals surface area contributed by atoms with Crippen molar-refractivity contribution in [3.8, 4) is 5.75 Å². The minimum absolute atomic E-state index is 0.0198. The molecule has 3 aromatic rings. The molecule has 7 heteroatoms. The van der Waals surface area contributed by atoms with Gasteiger partial charge in [-0.25, -0.2) is 4.39 Å². The molecule has 0 spiro atoms. The third kappa shape index (κ3) is 5.06. The number of benzene rings is 2. The van der Waals surface area contributed by atoms with Gasteiger partial charge in [-0.3, -0.25) is 14.7 Å². The van der Waals surface area contributed by atoms with Crippen molar-refractivity contribution in [2.75, 3.05) is 44.7 Å². The van der Waals surface area contributed by atoms with Gasteiger partial charge in [0.25, 0.3) is 5.91 Å². The molecule has 0 saturated carbocycles. The van der Waals surface area contributed by atoms with Crippen molar-refractivity contribution in [1.82, 2.24) is 15.2 Å². The second-order valence-electron chi connectivity index (χ2n) is 7.72. The maximum absolute atomic E-state index is 14.2. The minimum atomic E-state index is -0.198. The van der Waals surface area contributed by atoms with Crippen LogP contribution in [0.1, 0.15) is 22.0 Å². The number of halogens is 1. The van der Waals surface area contributed by atoms with Gasteiger partial charge in [-0.1, -0.05) is 18.2 Å². The molecular formula is C25H27FN4O2. The predicted molar refractivity (Wildman–Crippen MR) is 122 cm³/mol. The molecule has 1 aliphatic heterocycles. The van der Waals surface area contributed by atoms with Crippen LogP contribution in [0.15, 0.2) is 73.1 Å². The van der Waals surface area contributed by atoms with E-state index in [-0.39, 0.29) is 17.8 Å². The lowest BCUT2D eigenvalue weighted by molar-refractivity contribution is 0.0930. The fourth-order valence-electron chi connectivity index (χ4n) is 4.05. The van der Waals surface area contributed by atoms with Crippen molar-refractivity contribution < 1.29 is 13.9 Å². The molecule has 1 saturated heterocycles. The van der Waals surface area contributed by atoms with Crippen LogP contribution in [0.4, 0.5) is 10.1 Å². The maximum Gasteiger partial charge on any atom is 0.251 e. The van der Waals surface area contributed by atoms with Gasteiger partial charge < -0.3 is 15.0 Å². The highest BCUT2D eigenvalue weighted by Crippen LogP contribution is 2.25. The Kier molecular flexibility index (Phi) is 6.97. The monoisotopic (exact) mass is 434 g/mol. The van der Waals surface area contributed by atoms with Gasteiger partial charge >= 0.3 is 0 Å². The van der Waals surface area contributed by atoms with Gasteiger partial charge in [0.05, 0.1) is 18.8 Å². The summed E-state index contributed by atoms with van der Waals surface area (Å²) >= 11 is 0. The molecule has 0 unspecified atom stereocenters. The van der Waals surface area contributed by atoms with Gasteiger partial charge in [-0.15, -0.1) is 0 Å². The van der Waals surface area contributed by atoms with E-state index in [1.165, 1.54) is 6.07 Å². The zero-order valence-electron chi connectivity index (χ0n) is 18.1. The van der Waals surface area contributed by atoms with E-state index < -0.39 is 0 Å². The van der Waals surface area contributed by atoms with Gasteiger partial charge in [-0.2, -0.15) is 0 Å². The Morgan fingerprint density at radius 1 is 1.06 bits per heavy atom. The first-order valence-electron chi connectivity index (χ1n) is 10.7. The molecule has 2 heterocycles. The quantitative estimate of drug-likeness (QED) is 0.617. The zero-order valence-corrected chi connectivity index (χ0v) is 18.1. The lowest BCUT2D eigenvalue weighted by Crippen LogP contribution is -2.50. The van der Waals surface area contributed by atoms with Crippen LogP contribution in [0.2, 0.25) is 0 Å². The van der Waals surface area contributed by atoms with Crippen molar-refractivity contribution in [3.05, 3.63) is 90.0 Å². The molecule has 32 heavy (non-hydrogen) atoms. The fourth-order valence-corrected chi connectivity index (χ4v) is 4.05. The first kappa shape index (κ1) is 21.8. The maximum atomic E-state index is 14.2. The predicted octanol–water partition coefficient (Wildman–Crippen LogP) is 3.52. The number of methoxy groups -OCH3 is 1. The number of carbonyl (C=O) groups is 1. The Labute approximate surface area is 187 Å². The highest BCUT2D eigenvalue weighted by Gasteiger charge is 2.26. The third-order valence-corrected chi connectivity index (χ3v) is 5.83. The number of nitrogens with one attached hydrogen (secondary N) is 1. The molecule has 166 valence electrons. The van der Waals surface area contributed by atoms with Crippen LogP contribution in [0.5, 0.6) is 5.75 Å². The molecule has 6 nitrogen and oxygen atoms in total. The Morgan fingerprint density at radius 3 is 2.47 bits per heavy atom. The largest absolute Gasteiger partial charge is 0.497 e. The first-order valence-corrected chi connectivity index (χ1v) is 10.7. The highest BCUT2D eigenvalue weighted by atomic mass is 19.1. The van der Waals surface area contributed by atoms with Crippen molar-refractivity contribution >= 4 is 11.6 Å². The summed E-state index contributed by atoms with van der Waals surface area (Å²) in [5, 5.41) is 3.06. The van der Waals surface area contributed by atoms with Gasteiger partial charge in [-0.05, 0) is 48.0 Å². The lowest BCUT2D eigenvalue weighted by atomic mass is 10.1. The van der Waals surface area contributed by atoms with Gasteiger partial charge in [0.2, 0.25) is 0 Å². The van der Waals surface area contributed by atoms with Crippen molar-refractivity contribution in [2.45, 2.75) is 6.04 Å².